The van der Waals surface area contributed by atoms with Crippen molar-refractivity contribution < 1.29 is 22.3 Å². The lowest BCUT2D eigenvalue weighted by Crippen LogP contribution is -2.17. The van der Waals surface area contributed by atoms with Gasteiger partial charge in [-0.05, 0) is 15.9 Å². The molecule has 1 heterocycles. The van der Waals surface area contributed by atoms with Crippen LogP contribution in [-0.2, 0) is 6.67 Å². The normalized spacial score (nSPS) is 11.5. The van der Waals surface area contributed by atoms with Crippen molar-refractivity contribution in [1.82, 2.24) is 4.98 Å². The Morgan fingerprint density at radius 2 is 2.07 bits per heavy atom. The summed E-state index contributed by atoms with van der Waals surface area (Å²) in [5, 5.41) is 0. The molecule has 14 heavy (non-hydrogen) atoms. The van der Waals surface area contributed by atoms with Crippen LogP contribution in [0.5, 0.6) is 5.75 Å². The van der Waals surface area contributed by atoms with E-state index < -0.39 is 18.8 Å². The molecule has 0 N–H and O–H groups in total. The minimum absolute atomic E-state index is 0.0204. The van der Waals surface area contributed by atoms with Crippen molar-refractivity contribution >= 4 is 15.9 Å². The van der Waals surface area contributed by atoms with Crippen LogP contribution in [0.25, 0.3) is 0 Å². The maximum atomic E-state index is 12.1. The van der Waals surface area contributed by atoms with Crippen molar-refractivity contribution in [2.45, 2.75) is 13.0 Å². The molecule has 1 aromatic heterocycles. The van der Waals surface area contributed by atoms with Crippen LogP contribution < -0.4 is 4.74 Å². The molecule has 0 radical (unpaired) electrons. The smallest absolute Gasteiger partial charge is 0.404 e. The molecule has 78 valence electrons. The molecule has 0 spiro atoms. The van der Waals surface area contributed by atoms with Gasteiger partial charge < -0.3 is 4.74 Å². The van der Waals surface area contributed by atoms with E-state index in [9.17, 15) is 17.6 Å². The Bertz CT molecular complexity index is 328. The van der Waals surface area contributed by atoms with Crippen LogP contribution in [-0.4, -0.2) is 11.3 Å². The molecule has 2 nitrogen and oxygen atoms in total. The van der Waals surface area contributed by atoms with Gasteiger partial charge in [-0.25, -0.2) is 4.39 Å². The fourth-order valence-corrected chi connectivity index (χ4v) is 1.03. The third kappa shape index (κ3) is 3.13. The molecule has 0 amide bonds. The summed E-state index contributed by atoms with van der Waals surface area (Å²) in [5.74, 6) is -0.500. The number of hydrogen-bond donors (Lipinski definition) is 0. The van der Waals surface area contributed by atoms with E-state index in [0.29, 0.717) is 0 Å². The van der Waals surface area contributed by atoms with Gasteiger partial charge in [-0.2, -0.15) is 0 Å². The summed E-state index contributed by atoms with van der Waals surface area (Å²) in [6, 6.07) is 0.886. The maximum Gasteiger partial charge on any atom is 0.573 e. The summed E-state index contributed by atoms with van der Waals surface area (Å²) in [4.78, 5) is 3.52. The summed E-state index contributed by atoms with van der Waals surface area (Å²) in [6.07, 6.45) is -3.74. The Morgan fingerprint density at radius 1 is 1.43 bits per heavy atom. The molecule has 0 aromatic carbocycles. The minimum Gasteiger partial charge on any atom is -0.404 e. The van der Waals surface area contributed by atoms with Crippen molar-refractivity contribution in [2.75, 3.05) is 0 Å². The number of ether oxygens (including phenoxy) is 1. The lowest BCUT2D eigenvalue weighted by atomic mass is 10.3. The van der Waals surface area contributed by atoms with Gasteiger partial charge in [0.1, 0.15) is 12.4 Å². The highest BCUT2D eigenvalue weighted by atomic mass is 79.9. The summed E-state index contributed by atoms with van der Waals surface area (Å²) < 4.78 is 51.1. The number of aromatic nitrogens is 1. The number of alkyl halides is 4. The maximum absolute atomic E-state index is 12.1. The van der Waals surface area contributed by atoms with Crippen LogP contribution >= 0.6 is 15.9 Å². The number of rotatable bonds is 2. The van der Waals surface area contributed by atoms with Gasteiger partial charge in [-0.1, -0.05) is 0 Å². The van der Waals surface area contributed by atoms with Crippen molar-refractivity contribution in [3.05, 3.63) is 22.4 Å². The second kappa shape index (κ2) is 4.12. The van der Waals surface area contributed by atoms with Gasteiger partial charge in [0, 0.05) is 12.3 Å². The molecule has 0 aliphatic carbocycles. The quantitative estimate of drug-likeness (QED) is 0.772. The number of nitrogens with zero attached hydrogens (tertiary/aromatic N) is 1. The highest BCUT2D eigenvalue weighted by Crippen LogP contribution is 2.30. The van der Waals surface area contributed by atoms with E-state index in [0.717, 1.165) is 12.3 Å². The molecule has 0 atom stereocenters. The van der Waals surface area contributed by atoms with Crippen LogP contribution in [0, 0.1) is 0 Å². The molecule has 0 fully saturated rings. The number of pyridine rings is 1. The molecule has 0 bridgehead atoms. The summed E-state index contributed by atoms with van der Waals surface area (Å²) >= 11 is 2.80. The van der Waals surface area contributed by atoms with E-state index >= 15 is 0 Å². The van der Waals surface area contributed by atoms with Gasteiger partial charge in [0.05, 0.1) is 10.2 Å². The zero-order valence-corrected chi connectivity index (χ0v) is 8.19. The van der Waals surface area contributed by atoms with Crippen molar-refractivity contribution in [2.24, 2.45) is 0 Å². The first-order chi connectivity index (χ1) is 6.42. The van der Waals surface area contributed by atoms with E-state index in [1.54, 1.807) is 0 Å². The lowest BCUT2D eigenvalue weighted by Gasteiger charge is -2.10. The number of hydrogen-bond acceptors (Lipinski definition) is 2. The predicted molar refractivity (Wildman–Crippen MR) is 43.4 cm³/mol. The van der Waals surface area contributed by atoms with Gasteiger partial charge in [-0.3, -0.25) is 4.98 Å². The standard InChI is InChI=1S/C7H4BrF4NO/c8-5-3-13-4(2-9)1-6(5)14-7(10,11)12/h1,3H,2H2. The molecule has 0 saturated heterocycles. The topological polar surface area (TPSA) is 22.1 Å². The predicted octanol–water partition coefficient (Wildman–Crippen LogP) is 3.21. The van der Waals surface area contributed by atoms with Gasteiger partial charge in [0.2, 0.25) is 0 Å². The first kappa shape index (κ1) is 11.2. The number of halogens is 5. The Kier molecular flexibility index (Phi) is 3.30. The van der Waals surface area contributed by atoms with Crippen LogP contribution in [0.15, 0.2) is 16.7 Å². The molecule has 0 unspecified atom stereocenters. The summed E-state index contributed by atoms with van der Waals surface area (Å²) in [5.41, 5.74) is -0.118. The summed E-state index contributed by atoms with van der Waals surface area (Å²) in [6.45, 7) is -0.943. The van der Waals surface area contributed by atoms with E-state index in [2.05, 4.69) is 25.7 Å². The minimum atomic E-state index is -4.79. The molecule has 7 heteroatoms. The fourth-order valence-electron chi connectivity index (χ4n) is 0.737. The van der Waals surface area contributed by atoms with E-state index in [1.807, 2.05) is 0 Å². The van der Waals surface area contributed by atoms with E-state index in [-0.39, 0.29) is 10.2 Å². The van der Waals surface area contributed by atoms with Gasteiger partial charge in [-0.15, -0.1) is 13.2 Å². The highest BCUT2D eigenvalue weighted by Gasteiger charge is 2.32. The lowest BCUT2D eigenvalue weighted by molar-refractivity contribution is -0.274. The Hall–Kier alpha value is -0.850. The Balaban J connectivity index is 2.95. The van der Waals surface area contributed by atoms with E-state index in [4.69, 9.17) is 0 Å². The SMILES string of the molecule is FCc1cc(OC(F)(F)F)c(Br)cn1. The molecule has 1 rings (SSSR count). The van der Waals surface area contributed by atoms with E-state index in [1.165, 1.54) is 0 Å². The summed E-state index contributed by atoms with van der Waals surface area (Å²) in [7, 11) is 0. The van der Waals surface area contributed by atoms with Crippen LogP contribution in [0.3, 0.4) is 0 Å². The average molecular weight is 274 g/mol. The van der Waals surface area contributed by atoms with Gasteiger partial charge in [0.25, 0.3) is 0 Å². The van der Waals surface area contributed by atoms with Crippen molar-refractivity contribution in [3.8, 4) is 5.75 Å². The molecule has 0 saturated carbocycles. The zero-order chi connectivity index (χ0) is 10.8. The molecular weight excluding hydrogens is 270 g/mol. The Labute approximate surface area is 85.0 Å². The molecule has 0 aliphatic rings. The molecule has 0 aliphatic heterocycles. The molecular formula is C7H4BrF4NO. The highest BCUT2D eigenvalue weighted by molar-refractivity contribution is 9.10. The van der Waals surface area contributed by atoms with Gasteiger partial charge >= 0.3 is 6.36 Å². The second-order valence-corrected chi connectivity index (χ2v) is 3.14. The first-order valence-corrected chi connectivity index (χ1v) is 4.18. The average Bonchev–Trinajstić information content (AvgIpc) is 2.06. The van der Waals surface area contributed by atoms with Crippen LogP contribution in [0.1, 0.15) is 5.69 Å². The third-order valence-electron chi connectivity index (χ3n) is 1.24. The van der Waals surface area contributed by atoms with Crippen molar-refractivity contribution in [3.63, 3.8) is 0 Å². The Morgan fingerprint density at radius 3 is 2.57 bits per heavy atom. The van der Waals surface area contributed by atoms with Crippen LogP contribution in [0.4, 0.5) is 17.6 Å². The van der Waals surface area contributed by atoms with Crippen LogP contribution in [0.2, 0.25) is 0 Å². The zero-order valence-electron chi connectivity index (χ0n) is 6.61. The second-order valence-electron chi connectivity index (χ2n) is 2.29. The van der Waals surface area contributed by atoms with Crippen molar-refractivity contribution in [1.29, 1.82) is 0 Å². The third-order valence-corrected chi connectivity index (χ3v) is 1.83. The largest absolute Gasteiger partial charge is 0.573 e. The molecule has 1 aromatic rings. The van der Waals surface area contributed by atoms with Gasteiger partial charge in [0.15, 0.2) is 0 Å². The fraction of sp³-hybridized carbons (Fsp3) is 0.286. The monoisotopic (exact) mass is 273 g/mol. The first-order valence-electron chi connectivity index (χ1n) is 3.38.